The van der Waals surface area contributed by atoms with Crippen LogP contribution in [-0.4, -0.2) is 32.4 Å². The van der Waals surface area contributed by atoms with Crippen molar-refractivity contribution >= 4 is 17.8 Å². The quantitative estimate of drug-likeness (QED) is 0.692. The van der Waals surface area contributed by atoms with Crippen molar-refractivity contribution in [2.45, 2.75) is 65.3 Å². The fourth-order valence-electron chi connectivity index (χ4n) is 3.04. The lowest BCUT2D eigenvalue weighted by Crippen LogP contribution is -2.46. The first kappa shape index (κ1) is 21.5. The van der Waals surface area contributed by atoms with Gasteiger partial charge in [-0.3, -0.25) is 10.1 Å². The number of carbonyl (C=O) groups is 2. The average molecular weight is 386 g/mol. The van der Waals surface area contributed by atoms with E-state index in [0.29, 0.717) is 12.2 Å². The summed E-state index contributed by atoms with van der Waals surface area (Å²) in [5.74, 6) is -0.286. The summed E-state index contributed by atoms with van der Waals surface area (Å²) >= 11 is 0. The second-order valence-corrected chi connectivity index (χ2v) is 8.68. The van der Waals surface area contributed by atoms with Crippen LogP contribution in [0.4, 0.5) is 10.6 Å². The van der Waals surface area contributed by atoms with Gasteiger partial charge in [-0.1, -0.05) is 39.0 Å². The number of hydrogen-bond donors (Lipinski definition) is 3. The number of rotatable bonds is 6. The van der Waals surface area contributed by atoms with Crippen LogP contribution in [0.5, 0.6) is 0 Å². The van der Waals surface area contributed by atoms with Gasteiger partial charge >= 0.3 is 12.0 Å². The monoisotopic (exact) mass is 386 g/mol. The van der Waals surface area contributed by atoms with Crippen LogP contribution < -0.4 is 10.6 Å². The molecule has 0 bridgehead atoms. The molecule has 0 spiro atoms. The molecule has 0 atom stereocenters. The second kappa shape index (κ2) is 8.04. The van der Waals surface area contributed by atoms with Crippen molar-refractivity contribution in [3.8, 4) is 5.69 Å². The number of carboxylic acids is 1. The molecular weight excluding hydrogens is 356 g/mol. The molecule has 2 amide bonds. The summed E-state index contributed by atoms with van der Waals surface area (Å²) in [6.07, 6.45) is 0.322. The predicted octanol–water partition coefficient (Wildman–Crippen LogP) is 4.24. The molecule has 0 aliphatic heterocycles. The third-order valence-corrected chi connectivity index (χ3v) is 4.48. The van der Waals surface area contributed by atoms with Crippen LogP contribution in [0.2, 0.25) is 0 Å². The first-order valence-electron chi connectivity index (χ1n) is 9.37. The molecule has 0 fully saturated rings. The molecule has 0 unspecified atom stereocenters. The van der Waals surface area contributed by atoms with Crippen molar-refractivity contribution in [3.63, 3.8) is 0 Å². The van der Waals surface area contributed by atoms with Gasteiger partial charge in [0.05, 0.1) is 11.4 Å². The summed E-state index contributed by atoms with van der Waals surface area (Å²) in [4.78, 5) is 23.5. The average Bonchev–Trinajstić information content (AvgIpc) is 2.90. The Hall–Kier alpha value is -2.83. The van der Waals surface area contributed by atoms with E-state index in [-0.39, 0.29) is 11.8 Å². The van der Waals surface area contributed by atoms with E-state index in [9.17, 15) is 9.59 Å². The van der Waals surface area contributed by atoms with Crippen LogP contribution in [0.1, 0.15) is 58.7 Å². The van der Waals surface area contributed by atoms with Gasteiger partial charge in [-0.2, -0.15) is 5.10 Å². The number of urea groups is 1. The number of aromatic nitrogens is 2. The van der Waals surface area contributed by atoms with Crippen LogP contribution in [0.3, 0.4) is 0 Å². The molecule has 1 aromatic carbocycles. The predicted molar refractivity (Wildman–Crippen MR) is 110 cm³/mol. The number of anilines is 1. The van der Waals surface area contributed by atoms with E-state index in [1.807, 2.05) is 37.3 Å². The highest BCUT2D eigenvalue weighted by atomic mass is 16.4. The first-order valence-corrected chi connectivity index (χ1v) is 9.37. The normalized spacial score (nSPS) is 11.9. The summed E-state index contributed by atoms with van der Waals surface area (Å²) in [6.45, 7) is 11.8. The van der Waals surface area contributed by atoms with Gasteiger partial charge in [-0.15, -0.1) is 0 Å². The van der Waals surface area contributed by atoms with E-state index in [2.05, 4.69) is 31.4 Å². The Bertz CT molecular complexity index is 849. The van der Waals surface area contributed by atoms with Crippen molar-refractivity contribution < 1.29 is 14.7 Å². The molecule has 1 heterocycles. The highest BCUT2D eigenvalue weighted by Gasteiger charge is 2.27. The molecule has 3 N–H and O–H groups in total. The van der Waals surface area contributed by atoms with Crippen LogP contribution in [0.15, 0.2) is 30.3 Å². The maximum Gasteiger partial charge on any atom is 0.320 e. The second-order valence-electron chi connectivity index (χ2n) is 8.68. The summed E-state index contributed by atoms with van der Waals surface area (Å²) in [6, 6.07) is 9.23. The van der Waals surface area contributed by atoms with Gasteiger partial charge in [0.15, 0.2) is 0 Å². The number of benzene rings is 1. The third-order valence-electron chi connectivity index (χ3n) is 4.48. The van der Waals surface area contributed by atoms with Crippen molar-refractivity contribution in [1.29, 1.82) is 0 Å². The highest BCUT2D eigenvalue weighted by Crippen LogP contribution is 2.31. The largest absolute Gasteiger partial charge is 0.481 e. The number of hydrogen-bond acceptors (Lipinski definition) is 3. The van der Waals surface area contributed by atoms with E-state index >= 15 is 0 Å². The Morgan fingerprint density at radius 2 is 1.71 bits per heavy atom. The number of carboxylic acid groups (broad SMARTS) is 1. The lowest BCUT2D eigenvalue weighted by molar-refractivity contribution is -0.137. The minimum Gasteiger partial charge on any atom is -0.481 e. The van der Waals surface area contributed by atoms with Crippen molar-refractivity contribution in [3.05, 3.63) is 41.6 Å². The zero-order chi connectivity index (χ0) is 21.1. The topological polar surface area (TPSA) is 96.3 Å². The van der Waals surface area contributed by atoms with Gasteiger partial charge in [0.25, 0.3) is 0 Å². The first-order chi connectivity index (χ1) is 12.9. The molecule has 28 heavy (non-hydrogen) atoms. The molecular formula is C21H30N4O3. The van der Waals surface area contributed by atoms with Gasteiger partial charge in [0.1, 0.15) is 5.82 Å². The highest BCUT2D eigenvalue weighted by molar-refractivity contribution is 5.90. The Morgan fingerprint density at radius 3 is 2.25 bits per heavy atom. The van der Waals surface area contributed by atoms with E-state index in [1.165, 1.54) is 0 Å². The summed E-state index contributed by atoms with van der Waals surface area (Å²) in [7, 11) is 0. The fraction of sp³-hybridized carbons (Fsp3) is 0.476. The minimum absolute atomic E-state index is 0.0115. The van der Waals surface area contributed by atoms with Crippen molar-refractivity contribution in [2.75, 3.05) is 5.32 Å². The number of amides is 2. The fourth-order valence-corrected chi connectivity index (χ4v) is 3.04. The number of aliphatic carboxylic acids is 1. The van der Waals surface area contributed by atoms with Gasteiger partial charge in [-0.05, 0) is 39.3 Å². The van der Waals surface area contributed by atoms with E-state index in [1.54, 1.807) is 18.5 Å². The van der Waals surface area contributed by atoms with Crippen LogP contribution >= 0.6 is 0 Å². The summed E-state index contributed by atoms with van der Waals surface area (Å²) < 4.78 is 1.74. The Morgan fingerprint density at radius 1 is 1.11 bits per heavy atom. The van der Waals surface area contributed by atoms with Gasteiger partial charge in [-0.25, -0.2) is 9.48 Å². The van der Waals surface area contributed by atoms with E-state index in [0.717, 1.165) is 16.9 Å². The Kier molecular flexibility index (Phi) is 6.17. The van der Waals surface area contributed by atoms with Gasteiger partial charge in [0.2, 0.25) is 0 Å². The Labute approximate surface area is 166 Å². The standard InChI is InChI=1S/C21H30N4O3/c1-14-17(20(2,3)4)24-25(15-10-8-7-9-11-15)18(14)22-19(28)23-21(5,6)13-12-16(26)27/h7-11H,12-13H2,1-6H3,(H,26,27)(H2,22,23,28). The van der Waals surface area contributed by atoms with E-state index in [4.69, 9.17) is 10.2 Å². The molecule has 7 heteroatoms. The summed E-state index contributed by atoms with van der Waals surface area (Å²) in [5, 5.41) is 19.4. The molecule has 152 valence electrons. The zero-order valence-electron chi connectivity index (χ0n) is 17.5. The van der Waals surface area contributed by atoms with Crippen LogP contribution in [0.25, 0.3) is 5.69 Å². The van der Waals surface area contributed by atoms with Crippen LogP contribution in [0, 0.1) is 6.92 Å². The maximum atomic E-state index is 12.7. The molecule has 7 nitrogen and oxygen atoms in total. The molecule has 2 rings (SSSR count). The molecule has 0 radical (unpaired) electrons. The third kappa shape index (κ3) is 5.34. The lowest BCUT2D eigenvalue weighted by atomic mass is 9.90. The number of para-hydroxylation sites is 1. The molecule has 0 aliphatic carbocycles. The van der Waals surface area contributed by atoms with Crippen LogP contribution in [-0.2, 0) is 10.2 Å². The number of nitrogens with zero attached hydrogens (tertiary/aromatic N) is 2. The van der Waals surface area contributed by atoms with Gasteiger partial charge < -0.3 is 10.4 Å². The summed E-state index contributed by atoms with van der Waals surface area (Å²) in [5.41, 5.74) is 1.81. The molecule has 0 saturated heterocycles. The lowest BCUT2D eigenvalue weighted by Gasteiger charge is -2.26. The molecule has 1 aromatic heterocycles. The van der Waals surface area contributed by atoms with E-state index < -0.39 is 17.5 Å². The number of nitrogens with one attached hydrogen (secondary N) is 2. The molecule has 2 aromatic rings. The smallest absolute Gasteiger partial charge is 0.320 e. The van der Waals surface area contributed by atoms with Crippen molar-refractivity contribution in [2.24, 2.45) is 0 Å². The zero-order valence-corrected chi connectivity index (χ0v) is 17.5. The number of carbonyl (C=O) groups excluding carboxylic acids is 1. The SMILES string of the molecule is Cc1c(C(C)(C)C)nn(-c2ccccc2)c1NC(=O)NC(C)(C)CCC(=O)O. The Balaban J connectivity index is 2.32. The van der Waals surface area contributed by atoms with Crippen molar-refractivity contribution in [1.82, 2.24) is 15.1 Å². The molecule has 0 aliphatic rings. The maximum absolute atomic E-state index is 12.7. The molecule has 0 saturated carbocycles. The minimum atomic E-state index is -0.886. The van der Waals surface area contributed by atoms with Gasteiger partial charge in [0, 0.05) is 22.9 Å².